The van der Waals surface area contributed by atoms with E-state index in [1.54, 1.807) is 48.0 Å². The predicted octanol–water partition coefficient (Wildman–Crippen LogP) is 5.01. The van der Waals surface area contributed by atoms with Gasteiger partial charge in [0.05, 0.1) is 21.1 Å². The molecule has 0 aliphatic carbocycles. The van der Waals surface area contributed by atoms with Gasteiger partial charge in [0.1, 0.15) is 12.4 Å². The standard InChI is InChI=1S/C23H18Cl2N4O2/c1-26-23(31)14-9-11-15(12-10-14)27-20(30)13-29-19-8-3-2-7-18(19)28-22(29)16-5-4-6-17(24)21(16)25/h2-12H,13H2,1H3,(H,26,31)(H,27,30). The van der Waals surface area contributed by atoms with Crippen molar-refractivity contribution in [3.05, 3.63) is 82.3 Å². The number of halogens is 2. The molecule has 0 aliphatic heterocycles. The van der Waals surface area contributed by atoms with Crippen molar-refractivity contribution in [3.8, 4) is 11.4 Å². The predicted molar refractivity (Wildman–Crippen MR) is 124 cm³/mol. The molecule has 0 aliphatic rings. The van der Waals surface area contributed by atoms with E-state index in [4.69, 9.17) is 23.2 Å². The highest BCUT2D eigenvalue weighted by Gasteiger charge is 2.18. The Balaban J connectivity index is 1.65. The first-order chi connectivity index (χ1) is 15.0. The lowest BCUT2D eigenvalue weighted by Crippen LogP contribution is -2.20. The van der Waals surface area contributed by atoms with Crippen LogP contribution < -0.4 is 10.6 Å². The molecule has 1 heterocycles. The first-order valence-corrected chi connectivity index (χ1v) is 10.2. The number of hydrogen-bond acceptors (Lipinski definition) is 3. The zero-order valence-corrected chi connectivity index (χ0v) is 18.0. The Hall–Kier alpha value is -3.35. The summed E-state index contributed by atoms with van der Waals surface area (Å²) in [5.74, 6) is 0.125. The van der Waals surface area contributed by atoms with Crippen LogP contribution in [0.3, 0.4) is 0 Å². The second-order valence-corrected chi connectivity index (χ2v) is 7.60. The Morgan fingerprint density at radius 2 is 1.71 bits per heavy atom. The van der Waals surface area contributed by atoms with Crippen LogP contribution in [0, 0.1) is 0 Å². The van der Waals surface area contributed by atoms with E-state index in [-0.39, 0.29) is 18.4 Å². The molecule has 0 saturated carbocycles. The van der Waals surface area contributed by atoms with E-state index in [2.05, 4.69) is 15.6 Å². The lowest BCUT2D eigenvalue weighted by molar-refractivity contribution is -0.116. The first-order valence-electron chi connectivity index (χ1n) is 9.49. The number of rotatable bonds is 5. The Morgan fingerprint density at radius 3 is 2.45 bits per heavy atom. The number of imidazole rings is 1. The largest absolute Gasteiger partial charge is 0.355 e. The molecule has 4 rings (SSSR count). The maximum Gasteiger partial charge on any atom is 0.251 e. The van der Waals surface area contributed by atoms with Gasteiger partial charge in [-0.25, -0.2) is 4.98 Å². The normalized spacial score (nSPS) is 10.8. The maximum atomic E-state index is 12.8. The molecule has 0 fully saturated rings. The lowest BCUT2D eigenvalue weighted by atomic mass is 10.2. The third kappa shape index (κ3) is 4.26. The van der Waals surface area contributed by atoms with Gasteiger partial charge in [0.15, 0.2) is 0 Å². The fourth-order valence-corrected chi connectivity index (χ4v) is 3.70. The molecule has 6 nitrogen and oxygen atoms in total. The summed E-state index contributed by atoms with van der Waals surface area (Å²) in [6.45, 7) is 0.0237. The van der Waals surface area contributed by atoms with Crippen molar-refractivity contribution in [1.29, 1.82) is 0 Å². The van der Waals surface area contributed by atoms with Gasteiger partial charge in [-0.2, -0.15) is 0 Å². The number of fused-ring (bicyclic) bond motifs is 1. The number of hydrogen-bond donors (Lipinski definition) is 2. The monoisotopic (exact) mass is 452 g/mol. The zero-order valence-electron chi connectivity index (χ0n) is 16.5. The highest BCUT2D eigenvalue weighted by Crippen LogP contribution is 2.34. The van der Waals surface area contributed by atoms with Crippen LogP contribution in [0.5, 0.6) is 0 Å². The molecule has 3 aromatic carbocycles. The second kappa shape index (κ2) is 8.79. The van der Waals surface area contributed by atoms with Crippen molar-refractivity contribution in [2.75, 3.05) is 12.4 Å². The SMILES string of the molecule is CNC(=O)c1ccc(NC(=O)Cn2c(-c3cccc(Cl)c3Cl)nc3ccccc32)cc1. The quantitative estimate of drug-likeness (QED) is 0.446. The maximum absolute atomic E-state index is 12.8. The zero-order chi connectivity index (χ0) is 22.0. The Kier molecular flexibility index (Phi) is 5.93. The number of carbonyl (C=O) groups excluding carboxylic acids is 2. The number of para-hydroxylation sites is 2. The summed E-state index contributed by atoms with van der Waals surface area (Å²) in [6, 6.07) is 19.5. The van der Waals surface area contributed by atoms with Gasteiger partial charge in [0.2, 0.25) is 5.91 Å². The van der Waals surface area contributed by atoms with Crippen LogP contribution in [0.1, 0.15) is 10.4 Å². The van der Waals surface area contributed by atoms with E-state index in [0.29, 0.717) is 32.7 Å². The van der Waals surface area contributed by atoms with Gasteiger partial charge in [0.25, 0.3) is 5.91 Å². The average molecular weight is 453 g/mol. The van der Waals surface area contributed by atoms with Gasteiger partial charge in [0, 0.05) is 23.9 Å². The number of nitrogens with zero attached hydrogens (tertiary/aromatic N) is 2. The fraction of sp³-hybridized carbons (Fsp3) is 0.0870. The van der Waals surface area contributed by atoms with Crippen LogP contribution in [-0.4, -0.2) is 28.4 Å². The number of nitrogens with one attached hydrogen (secondary N) is 2. The lowest BCUT2D eigenvalue weighted by Gasteiger charge is -2.12. The number of anilines is 1. The van der Waals surface area contributed by atoms with Crippen LogP contribution in [0.2, 0.25) is 10.0 Å². The minimum atomic E-state index is -0.241. The molecule has 0 saturated heterocycles. The summed E-state index contributed by atoms with van der Waals surface area (Å²) in [5, 5.41) is 6.21. The number of carbonyl (C=O) groups is 2. The van der Waals surface area contributed by atoms with Crippen molar-refractivity contribution in [2.24, 2.45) is 0 Å². The van der Waals surface area contributed by atoms with Crippen LogP contribution >= 0.6 is 23.2 Å². The molecule has 0 unspecified atom stereocenters. The molecule has 8 heteroatoms. The van der Waals surface area contributed by atoms with Gasteiger partial charge in [-0.15, -0.1) is 0 Å². The van der Waals surface area contributed by atoms with E-state index >= 15 is 0 Å². The summed E-state index contributed by atoms with van der Waals surface area (Å²) in [4.78, 5) is 29.2. The molecule has 0 radical (unpaired) electrons. The Labute approximate surface area is 188 Å². The molecule has 2 N–H and O–H groups in total. The topological polar surface area (TPSA) is 76.0 Å². The van der Waals surface area contributed by atoms with Gasteiger partial charge >= 0.3 is 0 Å². The van der Waals surface area contributed by atoms with Crippen LogP contribution in [0.15, 0.2) is 66.7 Å². The Morgan fingerprint density at radius 1 is 0.968 bits per heavy atom. The molecule has 0 atom stereocenters. The van der Waals surface area contributed by atoms with Crippen LogP contribution in [0.25, 0.3) is 22.4 Å². The van der Waals surface area contributed by atoms with Crippen molar-refractivity contribution in [3.63, 3.8) is 0 Å². The van der Waals surface area contributed by atoms with Crippen LogP contribution in [0.4, 0.5) is 5.69 Å². The van der Waals surface area contributed by atoms with E-state index < -0.39 is 0 Å². The summed E-state index contributed by atoms with van der Waals surface area (Å²) in [6.07, 6.45) is 0. The second-order valence-electron chi connectivity index (χ2n) is 6.82. The highest BCUT2D eigenvalue weighted by molar-refractivity contribution is 6.43. The van der Waals surface area contributed by atoms with Crippen molar-refractivity contribution >= 4 is 51.7 Å². The van der Waals surface area contributed by atoms with Crippen molar-refractivity contribution < 1.29 is 9.59 Å². The molecule has 31 heavy (non-hydrogen) atoms. The van der Waals surface area contributed by atoms with Crippen molar-refractivity contribution in [2.45, 2.75) is 6.54 Å². The van der Waals surface area contributed by atoms with E-state index in [1.807, 2.05) is 30.3 Å². The van der Waals surface area contributed by atoms with Gasteiger partial charge in [-0.05, 0) is 48.5 Å². The third-order valence-electron chi connectivity index (χ3n) is 4.81. The summed E-state index contributed by atoms with van der Waals surface area (Å²) >= 11 is 12.6. The summed E-state index contributed by atoms with van der Waals surface area (Å²) in [5.41, 5.74) is 3.30. The van der Waals surface area contributed by atoms with Gasteiger partial charge in [-0.1, -0.05) is 41.4 Å². The molecular formula is C23H18Cl2N4O2. The van der Waals surface area contributed by atoms with Crippen LogP contribution in [-0.2, 0) is 11.3 Å². The first kappa shape index (κ1) is 20.9. The van der Waals surface area contributed by atoms with E-state index in [0.717, 1.165) is 11.0 Å². The Bertz CT molecular complexity index is 1280. The van der Waals surface area contributed by atoms with Gasteiger partial charge in [-0.3, -0.25) is 9.59 Å². The summed E-state index contributed by atoms with van der Waals surface area (Å²) in [7, 11) is 1.57. The summed E-state index contributed by atoms with van der Waals surface area (Å²) < 4.78 is 1.81. The third-order valence-corrected chi connectivity index (χ3v) is 5.63. The van der Waals surface area contributed by atoms with Crippen molar-refractivity contribution in [1.82, 2.24) is 14.9 Å². The molecule has 1 aromatic heterocycles. The fourth-order valence-electron chi connectivity index (χ4n) is 3.31. The smallest absolute Gasteiger partial charge is 0.251 e. The van der Waals surface area contributed by atoms with E-state index in [9.17, 15) is 9.59 Å². The van der Waals surface area contributed by atoms with Gasteiger partial charge < -0.3 is 15.2 Å². The number of aromatic nitrogens is 2. The van der Waals surface area contributed by atoms with E-state index in [1.165, 1.54) is 0 Å². The molecule has 0 spiro atoms. The highest BCUT2D eigenvalue weighted by atomic mass is 35.5. The molecule has 2 amide bonds. The minimum Gasteiger partial charge on any atom is -0.355 e. The number of benzene rings is 3. The molecule has 4 aromatic rings. The molecule has 0 bridgehead atoms. The molecular weight excluding hydrogens is 435 g/mol. The minimum absolute atomic E-state index is 0.0237. The average Bonchev–Trinajstić information content (AvgIpc) is 3.13. The number of amides is 2. The molecule has 156 valence electrons.